The van der Waals surface area contributed by atoms with Crippen LogP contribution in [0.4, 0.5) is 0 Å². The second-order valence-electron chi connectivity index (χ2n) is 6.53. The number of aliphatic hydroxyl groups excluding tert-OH is 1. The summed E-state index contributed by atoms with van der Waals surface area (Å²) in [5, 5.41) is 19.2. The molecule has 0 aliphatic heterocycles. The highest BCUT2D eigenvalue weighted by Crippen LogP contribution is 2.12. The Morgan fingerprint density at radius 1 is 1.32 bits per heavy atom. The second-order valence-corrected chi connectivity index (χ2v) is 6.53. The molecule has 0 unspecified atom stereocenters. The minimum Gasteiger partial charge on any atom is -0.468 e. The van der Waals surface area contributed by atoms with Crippen LogP contribution in [0.25, 0.3) is 0 Å². The smallest absolute Gasteiger partial charge is 0.117 e. The third kappa shape index (κ3) is 4.80. The lowest BCUT2D eigenvalue weighted by molar-refractivity contribution is 0.0839. The molecule has 0 aliphatic rings. The summed E-state index contributed by atoms with van der Waals surface area (Å²) in [5.41, 5.74) is 3.13. The van der Waals surface area contributed by atoms with Gasteiger partial charge in [0, 0.05) is 37.6 Å². The van der Waals surface area contributed by atoms with Gasteiger partial charge in [0.25, 0.3) is 0 Å². The van der Waals surface area contributed by atoms with Gasteiger partial charge in [-0.15, -0.1) is 0 Å². The van der Waals surface area contributed by atoms with E-state index in [4.69, 9.17) is 4.42 Å². The van der Waals surface area contributed by atoms with Gasteiger partial charge in [0.1, 0.15) is 5.76 Å². The molecule has 3 heterocycles. The van der Waals surface area contributed by atoms with Gasteiger partial charge in [0.05, 0.1) is 37.3 Å². The maximum atomic E-state index is 10.6. The monoisotopic (exact) mass is 343 g/mol. The number of hydrogen-bond acceptors (Lipinski definition) is 5. The summed E-state index contributed by atoms with van der Waals surface area (Å²) in [5.74, 6) is 0.877. The number of aliphatic hydroxyl groups is 1. The minimum atomic E-state index is -0.523. The van der Waals surface area contributed by atoms with E-state index in [1.54, 1.807) is 10.9 Å². The summed E-state index contributed by atoms with van der Waals surface area (Å²) in [4.78, 5) is 2.16. The molecule has 0 aromatic carbocycles. The highest BCUT2D eigenvalue weighted by molar-refractivity contribution is 5.07. The summed E-state index contributed by atoms with van der Waals surface area (Å²) >= 11 is 0. The van der Waals surface area contributed by atoms with Crippen molar-refractivity contribution in [3.63, 3.8) is 0 Å². The first kappa shape index (κ1) is 17.4. The van der Waals surface area contributed by atoms with E-state index in [-0.39, 0.29) is 0 Å². The molecule has 1 N–H and O–H groups in total. The summed E-state index contributed by atoms with van der Waals surface area (Å²) < 4.78 is 9.11. The van der Waals surface area contributed by atoms with E-state index in [9.17, 15) is 5.11 Å². The first-order valence-electron chi connectivity index (χ1n) is 8.41. The Bertz CT molecular complexity index is 790. The van der Waals surface area contributed by atoms with E-state index < -0.39 is 6.10 Å². The third-order valence-electron chi connectivity index (χ3n) is 4.08. The van der Waals surface area contributed by atoms with Crippen LogP contribution in [-0.2, 0) is 26.7 Å². The van der Waals surface area contributed by atoms with Gasteiger partial charge in [-0.05, 0) is 32.0 Å². The van der Waals surface area contributed by atoms with Crippen LogP contribution in [0.3, 0.4) is 0 Å². The lowest BCUT2D eigenvalue weighted by atomic mass is 10.2. The van der Waals surface area contributed by atoms with Gasteiger partial charge in [0.2, 0.25) is 0 Å². The average molecular weight is 343 g/mol. The first-order chi connectivity index (χ1) is 12.0. The predicted molar refractivity (Wildman–Crippen MR) is 93.7 cm³/mol. The Hall–Kier alpha value is -2.38. The van der Waals surface area contributed by atoms with Gasteiger partial charge in [-0.25, -0.2) is 0 Å². The zero-order chi connectivity index (χ0) is 17.8. The van der Waals surface area contributed by atoms with Crippen LogP contribution in [0.2, 0.25) is 0 Å². The van der Waals surface area contributed by atoms with Crippen molar-refractivity contribution in [1.29, 1.82) is 0 Å². The van der Waals surface area contributed by atoms with Crippen molar-refractivity contribution in [3.8, 4) is 0 Å². The molecule has 3 aromatic rings. The summed E-state index contributed by atoms with van der Waals surface area (Å²) in [6.07, 6.45) is 4.99. The van der Waals surface area contributed by atoms with Crippen LogP contribution in [0.1, 0.15) is 22.7 Å². The van der Waals surface area contributed by atoms with E-state index in [0.717, 1.165) is 22.7 Å². The fourth-order valence-electron chi connectivity index (χ4n) is 3.03. The molecule has 0 fully saturated rings. The van der Waals surface area contributed by atoms with Crippen molar-refractivity contribution in [2.75, 3.05) is 6.54 Å². The van der Waals surface area contributed by atoms with Crippen LogP contribution in [0.15, 0.2) is 41.3 Å². The Balaban J connectivity index is 1.66. The third-order valence-corrected chi connectivity index (χ3v) is 4.08. The van der Waals surface area contributed by atoms with Gasteiger partial charge in [0.15, 0.2) is 0 Å². The van der Waals surface area contributed by atoms with Gasteiger partial charge in [-0.3, -0.25) is 14.3 Å². The van der Waals surface area contributed by atoms with E-state index in [0.29, 0.717) is 26.2 Å². The van der Waals surface area contributed by atoms with Gasteiger partial charge in [-0.1, -0.05) is 0 Å². The van der Waals surface area contributed by atoms with Crippen molar-refractivity contribution in [2.45, 2.75) is 39.6 Å². The molecule has 0 saturated heterocycles. The van der Waals surface area contributed by atoms with Crippen LogP contribution >= 0.6 is 0 Å². The van der Waals surface area contributed by atoms with Crippen LogP contribution < -0.4 is 0 Å². The van der Waals surface area contributed by atoms with Crippen molar-refractivity contribution in [3.05, 3.63) is 59.6 Å². The molecule has 3 rings (SSSR count). The lowest BCUT2D eigenvalue weighted by Crippen LogP contribution is -2.34. The molecular weight excluding hydrogens is 318 g/mol. The molecule has 3 aromatic heterocycles. The SMILES string of the molecule is Cc1cc(C)n(C[C@H](O)CN(Cc2cnn(C)c2)Cc2ccco2)n1. The molecule has 25 heavy (non-hydrogen) atoms. The number of rotatable bonds is 8. The van der Waals surface area contributed by atoms with Crippen molar-refractivity contribution >= 4 is 0 Å². The Labute approximate surface area is 147 Å². The van der Waals surface area contributed by atoms with Crippen LogP contribution in [-0.4, -0.2) is 42.2 Å². The highest BCUT2D eigenvalue weighted by Gasteiger charge is 2.16. The van der Waals surface area contributed by atoms with Crippen molar-refractivity contribution in [2.24, 2.45) is 7.05 Å². The van der Waals surface area contributed by atoms with Crippen molar-refractivity contribution < 1.29 is 9.52 Å². The Morgan fingerprint density at radius 3 is 2.76 bits per heavy atom. The largest absolute Gasteiger partial charge is 0.468 e. The minimum absolute atomic E-state index is 0.474. The Kier molecular flexibility index (Phi) is 5.35. The molecule has 0 saturated carbocycles. The van der Waals surface area contributed by atoms with Crippen molar-refractivity contribution in [1.82, 2.24) is 24.5 Å². The summed E-state index contributed by atoms with van der Waals surface area (Å²) in [6.45, 7) is 6.29. The molecule has 0 radical (unpaired) electrons. The number of hydrogen-bond donors (Lipinski definition) is 1. The number of aryl methyl sites for hydroxylation is 3. The summed E-state index contributed by atoms with van der Waals surface area (Å²) in [7, 11) is 1.90. The van der Waals surface area contributed by atoms with Crippen LogP contribution in [0, 0.1) is 13.8 Å². The van der Waals surface area contributed by atoms with E-state index in [1.165, 1.54) is 0 Å². The molecule has 0 bridgehead atoms. The molecule has 0 aliphatic carbocycles. The fraction of sp³-hybridized carbons (Fsp3) is 0.444. The standard InChI is InChI=1S/C18H25N5O2/c1-14-7-15(2)23(20-14)12-17(24)11-22(13-18-5-4-6-25-18)10-16-8-19-21(3)9-16/h4-9,17,24H,10-13H2,1-3H3/t17-/m1/s1. The molecular formula is C18H25N5O2. The first-order valence-corrected chi connectivity index (χ1v) is 8.41. The maximum Gasteiger partial charge on any atom is 0.117 e. The molecule has 134 valence electrons. The molecule has 0 spiro atoms. The maximum absolute atomic E-state index is 10.6. The highest BCUT2D eigenvalue weighted by atomic mass is 16.3. The zero-order valence-electron chi connectivity index (χ0n) is 15.0. The van der Waals surface area contributed by atoms with E-state index >= 15 is 0 Å². The predicted octanol–water partition coefficient (Wildman–Crippen LogP) is 1.89. The second kappa shape index (κ2) is 7.67. The summed E-state index contributed by atoms with van der Waals surface area (Å²) in [6, 6.07) is 5.84. The van der Waals surface area contributed by atoms with E-state index in [1.807, 2.05) is 56.2 Å². The fourth-order valence-corrected chi connectivity index (χ4v) is 3.03. The van der Waals surface area contributed by atoms with Gasteiger partial charge < -0.3 is 9.52 Å². The quantitative estimate of drug-likeness (QED) is 0.676. The topological polar surface area (TPSA) is 72.2 Å². The van der Waals surface area contributed by atoms with E-state index in [2.05, 4.69) is 15.1 Å². The number of aromatic nitrogens is 4. The molecule has 0 amide bonds. The lowest BCUT2D eigenvalue weighted by Gasteiger charge is -2.24. The van der Waals surface area contributed by atoms with Crippen LogP contribution in [0.5, 0.6) is 0 Å². The van der Waals surface area contributed by atoms with Gasteiger partial charge in [-0.2, -0.15) is 10.2 Å². The normalized spacial score (nSPS) is 12.8. The Morgan fingerprint density at radius 2 is 2.16 bits per heavy atom. The number of nitrogens with zero attached hydrogens (tertiary/aromatic N) is 5. The zero-order valence-corrected chi connectivity index (χ0v) is 15.0. The van der Waals surface area contributed by atoms with Gasteiger partial charge >= 0.3 is 0 Å². The molecule has 7 nitrogen and oxygen atoms in total. The molecule has 7 heteroatoms. The molecule has 1 atom stereocenters. The average Bonchev–Trinajstić information content (AvgIpc) is 3.24. The number of furan rings is 1.